The molecule has 0 atom stereocenters. The van der Waals surface area contributed by atoms with Crippen LogP contribution in [-0.4, -0.2) is 22.2 Å². The monoisotopic (exact) mass is 310 g/mol. The topological polar surface area (TPSA) is 75.2 Å². The molecule has 23 heavy (non-hydrogen) atoms. The van der Waals surface area contributed by atoms with Crippen LogP contribution in [0, 0.1) is 0 Å². The van der Waals surface area contributed by atoms with Crippen molar-refractivity contribution in [3.8, 4) is 17.1 Å². The fraction of sp³-hybridized carbons (Fsp3) is 0.222. The Morgan fingerprint density at radius 1 is 1.13 bits per heavy atom. The predicted octanol–water partition coefficient (Wildman–Crippen LogP) is 2.83. The van der Waals surface area contributed by atoms with Crippen LogP contribution in [0.15, 0.2) is 47.3 Å². The molecule has 118 valence electrons. The highest BCUT2D eigenvalue weighted by atomic mass is 16.5. The van der Waals surface area contributed by atoms with Crippen LogP contribution >= 0.6 is 0 Å². The summed E-state index contributed by atoms with van der Waals surface area (Å²) in [6.45, 7) is 3.45. The van der Waals surface area contributed by atoms with E-state index in [4.69, 9.17) is 4.74 Å². The summed E-state index contributed by atoms with van der Waals surface area (Å²) in [5, 5.41) is 10.5. The second-order valence-corrected chi connectivity index (χ2v) is 5.91. The van der Waals surface area contributed by atoms with E-state index in [0.29, 0.717) is 22.5 Å². The summed E-state index contributed by atoms with van der Waals surface area (Å²) in [5.74, 6) is 1.03. The van der Waals surface area contributed by atoms with E-state index < -0.39 is 5.60 Å². The lowest BCUT2D eigenvalue weighted by Crippen LogP contribution is -2.15. The first-order valence-electron chi connectivity index (χ1n) is 7.30. The van der Waals surface area contributed by atoms with Crippen LogP contribution in [0.25, 0.3) is 22.3 Å². The number of aromatic nitrogens is 2. The molecule has 1 heterocycles. The number of fused-ring (bicyclic) bond motifs is 1. The smallest absolute Gasteiger partial charge is 0.259 e. The summed E-state index contributed by atoms with van der Waals surface area (Å²) < 4.78 is 5.29. The fourth-order valence-electron chi connectivity index (χ4n) is 2.47. The fourth-order valence-corrected chi connectivity index (χ4v) is 2.47. The number of hydrogen-bond donors (Lipinski definition) is 2. The Morgan fingerprint density at radius 3 is 2.43 bits per heavy atom. The molecule has 0 bridgehead atoms. The van der Waals surface area contributed by atoms with Gasteiger partial charge in [0.2, 0.25) is 0 Å². The van der Waals surface area contributed by atoms with Crippen LogP contribution in [0.2, 0.25) is 0 Å². The molecule has 0 saturated carbocycles. The van der Waals surface area contributed by atoms with Crippen molar-refractivity contribution < 1.29 is 9.84 Å². The second kappa shape index (κ2) is 5.52. The molecular weight excluding hydrogens is 292 g/mol. The minimum atomic E-state index is -0.911. The quantitative estimate of drug-likeness (QED) is 0.780. The van der Waals surface area contributed by atoms with Gasteiger partial charge in [-0.05, 0) is 31.5 Å². The number of aromatic amines is 1. The first-order chi connectivity index (χ1) is 10.9. The Morgan fingerprint density at radius 2 is 1.83 bits per heavy atom. The van der Waals surface area contributed by atoms with E-state index in [1.807, 2.05) is 24.3 Å². The minimum Gasteiger partial charge on any atom is -0.494 e. The number of H-pyrrole nitrogens is 1. The average Bonchev–Trinajstić information content (AvgIpc) is 2.53. The predicted molar refractivity (Wildman–Crippen MR) is 89.6 cm³/mol. The molecule has 0 spiro atoms. The van der Waals surface area contributed by atoms with Crippen LogP contribution in [0.5, 0.6) is 5.75 Å². The molecule has 0 amide bonds. The number of para-hydroxylation sites is 1. The highest BCUT2D eigenvalue weighted by Gasteiger charge is 2.16. The summed E-state index contributed by atoms with van der Waals surface area (Å²) in [6.07, 6.45) is 0. The zero-order valence-corrected chi connectivity index (χ0v) is 13.3. The van der Waals surface area contributed by atoms with Gasteiger partial charge in [0.15, 0.2) is 0 Å². The number of benzene rings is 2. The lowest BCUT2D eigenvalue weighted by Gasteiger charge is -2.17. The second-order valence-electron chi connectivity index (χ2n) is 5.91. The molecule has 0 radical (unpaired) electrons. The standard InChI is InChI=1S/C18H18N2O3/c1-18(2,22)12-9-7-11(8-10-12)16-19-15-13(17(21)20-16)5-4-6-14(15)23-3/h4-10,22H,1-3H3,(H,19,20,21). The molecule has 0 aliphatic carbocycles. The number of rotatable bonds is 3. The lowest BCUT2D eigenvalue weighted by atomic mass is 9.97. The molecule has 0 unspecified atom stereocenters. The van der Waals surface area contributed by atoms with Crippen molar-refractivity contribution in [2.24, 2.45) is 0 Å². The lowest BCUT2D eigenvalue weighted by molar-refractivity contribution is 0.0786. The van der Waals surface area contributed by atoms with Gasteiger partial charge in [0.05, 0.1) is 18.1 Å². The highest BCUT2D eigenvalue weighted by Crippen LogP contribution is 2.25. The van der Waals surface area contributed by atoms with E-state index in [1.54, 1.807) is 39.2 Å². The third-order valence-corrected chi connectivity index (χ3v) is 3.78. The van der Waals surface area contributed by atoms with Crippen molar-refractivity contribution >= 4 is 10.9 Å². The van der Waals surface area contributed by atoms with Crippen LogP contribution in [0.1, 0.15) is 19.4 Å². The number of aliphatic hydroxyl groups is 1. The Hall–Kier alpha value is -2.66. The number of ether oxygens (including phenoxy) is 1. The van der Waals surface area contributed by atoms with Gasteiger partial charge in [-0.3, -0.25) is 4.79 Å². The number of nitrogens with one attached hydrogen (secondary N) is 1. The Kier molecular flexibility index (Phi) is 3.66. The van der Waals surface area contributed by atoms with Crippen LogP contribution in [0.3, 0.4) is 0 Å². The van der Waals surface area contributed by atoms with Gasteiger partial charge in [0.25, 0.3) is 5.56 Å². The molecule has 2 aromatic carbocycles. The first kappa shape index (κ1) is 15.2. The molecule has 2 N–H and O–H groups in total. The molecule has 0 aliphatic rings. The van der Waals surface area contributed by atoms with Crippen molar-refractivity contribution in [3.63, 3.8) is 0 Å². The maximum Gasteiger partial charge on any atom is 0.259 e. The molecular formula is C18H18N2O3. The summed E-state index contributed by atoms with van der Waals surface area (Å²) in [6, 6.07) is 12.5. The molecule has 5 heteroatoms. The van der Waals surface area contributed by atoms with Gasteiger partial charge in [0.1, 0.15) is 17.1 Å². The van der Waals surface area contributed by atoms with Gasteiger partial charge in [0, 0.05) is 5.56 Å². The van der Waals surface area contributed by atoms with Gasteiger partial charge >= 0.3 is 0 Å². The summed E-state index contributed by atoms with van der Waals surface area (Å²) >= 11 is 0. The van der Waals surface area contributed by atoms with Crippen molar-refractivity contribution in [2.75, 3.05) is 7.11 Å². The number of hydrogen-bond acceptors (Lipinski definition) is 4. The zero-order chi connectivity index (χ0) is 16.6. The third-order valence-electron chi connectivity index (χ3n) is 3.78. The zero-order valence-electron chi connectivity index (χ0n) is 13.3. The van der Waals surface area contributed by atoms with Gasteiger partial charge in [-0.25, -0.2) is 4.98 Å². The molecule has 0 saturated heterocycles. The molecule has 3 rings (SSSR count). The summed E-state index contributed by atoms with van der Waals surface area (Å²) in [4.78, 5) is 19.6. The molecule has 5 nitrogen and oxygen atoms in total. The molecule has 0 aliphatic heterocycles. The Bertz CT molecular complexity index is 906. The van der Waals surface area contributed by atoms with Gasteiger partial charge in [-0.15, -0.1) is 0 Å². The van der Waals surface area contributed by atoms with Gasteiger partial charge in [-0.1, -0.05) is 30.3 Å². The summed E-state index contributed by atoms with van der Waals surface area (Å²) in [7, 11) is 1.55. The molecule has 3 aromatic rings. The van der Waals surface area contributed by atoms with E-state index >= 15 is 0 Å². The summed E-state index contributed by atoms with van der Waals surface area (Å²) in [5.41, 5.74) is 0.965. The van der Waals surface area contributed by atoms with E-state index in [-0.39, 0.29) is 5.56 Å². The van der Waals surface area contributed by atoms with E-state index in [0.717, 1.165) is 11.1 Å². The SMILES string of the molecule is COc1cccc2c(=O)[nH]c(-c3ccc(C(C)(C)O)cc3)nc12. The van der Waals surface area contributed by atoms with Crippen molar-refractivity contribution in [2.45, 2.75) is 19.4 Å². The largest absolute Gasteiger partial charge is 0.494 e. The molecule has 0 fully saturated rings. The van der Waals surface area contributed by atoms with Crippen molar-refractivity contribution in [3.05, 3.63) is 58.4 Å². The Labute approximate surface area is 133 Å². The van der Waals surface area contributed by atoms with Gasteiger partial charge in [-0.2, -0.15) is 0 Å². The average molecular weight is 310 g/mol. The van der Waals surface area contributed by atoms with E-state index in [9.17, 15) is 9.90 Å². The maximum absolute atomic E-state index is 12.3. The molecule has 1 aromatic heterocycles. The van der Waals surface area contributed by atoms with Gasteiger partial charge < -0.3 is 14.8 Å². The maximum atomic E-state index is 12.3. The minimum absolute atomic E-state index is 0.213. The van der Waals surface area contributed by atoms with Crippen molar-refractivity contribution in [1.29, 1.82) is 0 Å². The number of nitrogens with zero attached hydrogens (tertiary/aromatic N) is 1. The third kappa shape index (κ3) is 2.83. The normalized spacial score (nSPS) is 11.7. The number of methoxy groups -OCH3 is 1. The van der Waals surface area contributed by atoms with Crippen LogP contribution in [0.4, 0.5) is 0 Å². The first-order valence-corrected chi connectivity index (χ1v) is 7.30. The Balaban J connectivity index is 2.15. The van der Waals surface area contributed by atoms with Crippen LogP contribution in [-0.2, 0) is 5.60 Å². The van der Waals surface area contributed by atoms with Crippen LogP contribution < -0.4 is 10.3 Å². The van der Waals surface area contributed by atoms with E-state index in [2.05, 4.69) is 9.97 Å². The highest BCUT2D eigenvalue weighted by molar-refractivity contribution is 5.85. The van der Waals surface area contributed by atoms with Crippen molar-refractivity contribution in [1.82, 2.24) is 9.97 Å². The van der Waals surface area contributed by atoms with E-state index in [1.165, 1.54) is 0 Å².